The van der Waals surface area contributed by atoms with Gasteiger partial charge in [0.1, 0.15) is 0 Å². The fraction of sp³-hybridized carbons (Fsp3) is 1.00. The van der Waals surface area contributed by atoms with E-state index in [9.17, 15) is 20.4 Å². The van der Waals surface area contributed by atoms with Crippen LogP contribution in [0, 0.1) is 32.5 Å². The second-order valence-corrected chi connectivity index (χ2v) is 40.0. The molecule has 0 aliphatic rings. The molecule has 0 aromatic carbocycles. The fourth-order valence-electron chi connectivity index (χ4n) is 11.1. The Hall–Kier alpha value is 4.02. The third-order valence-corrected chi connectivity index (χ3v) is 26.2. The third-order valence-electron chi connectivity index (χ3n) is 19.2. The molecule has 0 saturated heterocycles. The number of rotatable bonds is 102. The van der Waals surface area contributed by atoms with Crippen molar-refractivity contribution in [3.8, 4) is 0 Å². The van der Waals surface area contributed by atoms with E-state index in [1.807, 2.05) is 35.3 Å². The summed E-state index contributed by atoms with van der Waals surface area (Å²) in [6, 6.07) is 0. The molecule has 0 saturated carbocycles. The molecule has 0 amide bonds. The van der Waals surface area contributed by atoms with Gasteiger partial charge in [-0.1, -0.05) is 34.6 Å². The van der Waals surface area contributed by atoms with E-state index >= 15 is 0 Å². The zero-order valence-electron chi connectivity index (χ0n) is 76.4. The highest BCUT2D eigenvalue weighted by atomic mass is 32.2. The molecule has 4 N–H and O–H groups in total. The lowest BCUT2D eigenvalue weighted by atomic mass is 9.88. The highest BCUT2D eigenvalue weighted by molar-refractivity contribution is 7.99. The molecule has 36 heteroatoms. The van der Waals surface area contributed by atoms with Gasteiger partial charge in [0.2, 0.25) is 0 Å². The minimum atomic E-state index is -0.604. The number of hydrogen-bond donors (Lipinski definition) is 15. The molecule has 0 rings (SSSR count). The summed E-state index contributed by atoms with van der Waals surface area (Å²) in [7, 11) is 0. The van der Waals surface area contributed by atoms with Crippen molar-refractivity contribution in [3.05, 3.63) is 0 Å². The van der Waals surface area contributed by atoms with E-state index in [1.54, 1.807) is 0 Å². The van der Waals surface area contributed by atoms with Gasteiger partial charge < -0.3 is 106 Å². The van der Waals surface area contributed by atoms with Gasteiger partial charge in [-0.25, -0.2) is 0 Å². The number of thioether (sulfide) groups is 3. The molecular weight excluding hydrogens is 1860 g/mol. The van der Waals surface area contributed by atoms with Crippen LogP contribution in [-0.2, 0) is 85.3 Å². The summed E-state index contributed by atoms with van der Waals surface area (Å²) in [4.78, 5) is 0. The van der Waals surface area contributed by atoms with Crippen LogP contribution in [0.1, 0.15) is 163 Å². The van der Waals surface area contributed by atoms with Crippen LogP contribution in [0.25, 0.3) is 0 Å². The van der Waals surface area contributed by atoms with Gasteiger partial charge in [0.15, 0.2) is 0 Å². The number of aliphatic hydroxyl groups is 4. The zero-order chi connectivity index (χ0) is 91.0. The van der Waals surface area contributed by atoms with E-state index in [4.69, 9.17) is 85.3 Å². The number of thiol groups is 11. The van der Waals surface area contributed by atoms with Gasteiger partial charge in [-0.3, -0.25) is 0 Å². The summed E-state index contributed by atoms with van der Waals surface area (Å²) in [6.45, 7) is 26.9. The number of unbranched alkanes of at least 4 members (excludes halogenated alkanes) is 1. The second-order valence-electron chi connectivity index (χ2n) is 31.4. The number of hydrogen-bond acceptors (Lipinski definition) is 36. The fourth-order valence-corrected chi connectivity index (χ4v) is 15.0. The maximum atomic E-state index is 10.5. The highest BCUT2D eigenvalue weighted by Crippen LogP contribution is 2.29. The van der Waals surface area contributed by atoms with Crippen LogP contribution >= 0.6 is 174 Å². The van der Waals surface area contributed by atoms with Gasteiger partial charge in [0.25, 0.3) is 0 Å². The molecule has 22 nitrogen and oxygen atoms in total. The molecule has 124 heavy (non-hydrogen) atoms. The molecule has 0 radical (unpaired) electrons. The SMILES string of the molecule is C.CCC(COCCCS)(COCCCS)COCCCSCCCOCC(CO)(COCCCS)COCCCS.CCC(COCCCS)(COCCCS)COCCCSCCCOCC(CO)(COCCCS)COCCCSCCCOCC(CO)(COCCCS)COCCCS.CCCCOCC(CO)(COCCCS)COCCCS. The molecule has 0 aromatic rings. The number of aliphatic hydroxyl groups excluding tert-OH is 4. The van der Waals surface area contributed by atoms with Crippen molar-refractivity contribution in [3.63, 3.8) is 0 Å². The van der Waals surface area contributed by atoms with Crippen LogP contribution in [-0.4, -0.2) is 382 Å². The van der Waals surface area contributed by atoms with Crippen molar-refractivity contribution in [2.45, 2.75) is 163 Å². The largest absolute Gasteiger partial charge is 0.396 e. The predicted molar refractivity (Wildman–Crippen MR) is 563 cm³/mol. The molecule has 0 aliphatic carbocycles. The summed E-state index contributed by atoms with van der Waals surface area (Å²) < 4.78 is 107. The van der Waals surface area contributed by atoms with Crippen LogP contribution in [0.15, 0.2) is 0 Å². The Morgan fingerprint density at radius 2 is 0.290 bits per heavy atom. The first-order chi connectivity index (χ1) is 60.2. The van der Waals surface area contributed by atoms with Crippen molar-refractivity contribution >= 4 is 174 Å². The van der Waals surface area contributed by atoms with E-state index < -0.39 is 21.7 Å². The van der Waals surface area contributed by atoms with Gasteiger partial charge in [-0.05, 0) is 226 Å². The summed E-state index contributed by atoms with van der Waals surface area (Å²) >= 11 is 52.4. The molecule has 0 aliphatic heterocycles. The summed E-state index contributed by atoms with van der Waals surface area (Å²) in [6.07, 6.45) is 19.6. The van der Waals surface area contributed by atoms with E-state index in [0.29, 0.717) is 218 Å². The van der Waals surface area contributed by atoms with Gasteiger partial charge in [0, 0.05) is 130 Å². The average molecular weight is 2040 g/mol. The Labute approximate surface area is 830 Å². The minimum Gasteiger partial charge on any atom is -0.396 e. The molecule has 0 heterocycles. The monoisotopic (exact) mass is 2040 g/mol. The average Bonchev–Trinajstić information content (AvgIpc) is 0.913. The van der Waals surface area contributed by atoms with E-state index in [2.05, 4.69) is 160 Å². The van der Waals surface area contributed by atoms with Crippen molar-refractivity contribution < 1.29 is 106 Å². The Bertz CT molecular complexity index is 1860. The Kier molecular flexibility index (Phi) is 113. The lowest BCUT2D eigenvalue weighted by Crippen LogP contribution is -2.41. The Morgan fingerprint density at radius 1 is 0.177 bits per heavy atom. The van der Waals surface area contributed by atoms with Crippen molar-refractivity contribution in [1.82, 2.24) is 0 Å². The van der Waals surface area contributed by atoms with Gasteiger partial charge in [-0.15, -0.1) is 0 Å². The van der Waals surface area contributed by atoms with Crippen molar-refractivity contribution in [2.75, 3.05) is 362 Å². The molecule has 1 unspecified atom stereocenters. The maximum Gasteiger partial charge on any atom is 0.0635 e. The molecule has 0 spiro atoms. The van der Waals surface area contributed by atoms with Crippen molar-refractivity contribution in [1.29, 1.82) is 0 Å². The van der Waals surface area contributed by atoms with E-state index in [0.717, 1.165) is 252 Å². The first-order valence-corrected chi connectivity index (χ1v) is 55.9. The van der Waals surface area contributed by atoms with E-state index in [1.165, 1.54) is 0 Å². The smallest absolute Gasteiger partial charge is 0.0635 e. The third kappa shape index (κ3) is 83.0. The Morgan fingerprint density at radius 3 is 0.395 bits per heavy atom. The topological polar surface area (TPSA) is 247 Å². The standard InChI is InChI=1S/C43H88O11S7.C29H60O7S5.C15H32O4S2.CH4/c1-2-41(32-46-12-3-21-55,33-47-13-4-22-56)34-51-17-8-26-60-27-10-19-53-39-43(31-45,37-50-16-7-25-59)40-54-20-11-29-61-28-9-18-52-38-42(30-44,35-48-14-5-23-57)36-49-15-6-24-58;1-2-28(22-31-9-3-15-37,23-32-10-4-16-38)24-35-13-7-19-41-20-8-14-36-27-29(21-30,25-33-11-5-17-39)26-34-12-6-18-40;1-2-3-6-17-12-15(11-16,13-18-7-4-9-20)14-19-8-5-10-21;/h44-45,55-59H,2-40H2,1H3;30,37-40H,2-27H2,1H3;16,20-21H,2-14H2,1H3;1H4. The van der Waals surface area contributed by atoms with Crippen LogP contribution in [0.2, 0.25) is 0 Å². The van der Waals surface area contributed by atoms with Gasteiger partial charge in [-0.2, -0.15) is 174 Å². The van der Waals surface area contributed by atoms with Crippen LogP contribution < -0.4 is 0 Å². The number of ether oxygens (including phenoxy) is 18. The van der Waals surface area contributed by atoms with Gasteiger partial charge in [0.05, 0.1) is 167 Å². The lowest BCUT2D eigenvalue weighted by Gasteiger charge is -2.32. The van der Waals surface area contributed by atoms with Crippen molar-refractivity contribution in [2.24, 2.45) is 32.5 Å². The quantitative estimate of drug-likeness (QED) is 0.0200. The lowest BCUT2D eigenvalue weighted by molar-refractivity contribution is -0.0928. The summed E-state index contributed by atoms with van der Waals surface area (Å²) in [5, 5.41) is 40.6. The second kappa shape index (κ2) is 104. The maximum absolute atomic E-state index is 10.5. The molecule has 0 bridgehead atoms. The molecular formula is C88H184O22S14. The minimum absolute atomic E-state index is 0. The van der Waals surface area contributed by atoms with Crippen LogP contribution in [0.4, 0.5) is 0 Å². The summed E-state index contributed by atoms with van der Waals surface area (Å²) in [5.74, 6) is 14.8. The van der Waals surface area contributed by atoms with Gasteiger partial charge >= 0.3 is 0 Å². The first-order valence-electron chi connectivity index (χ1n) is 45.5. The summed E-state index contributed by atoms with van der Waals surface area (Å²) in [5.41, 5.74) is -2.44. The Balaban J connectivity index is -0.000000977. The van der Waals surface area contributed by atoms with Crippen LogP contribution in [0.5, 0.6) is 0 Å². The molecule has 752 valence electrons. The van der Waals surface area contributed by atoms with Crippen LogP contribution in [0.3, 0.4) is 0 Å². The first kappa shape index (κ1) is 134. The predicted octanol–water partition coefficient (Wildman–Crippen LogP) is 15.5. The molecule has 0 aromatic heterocycles. The normalized spacial score (nSPS) is 12.7. The highest BCUT2D eigenvalue weighted by Gasteiger charge is 2.36. The van der Waals surface area contributed by atoms with E-state index in [-0.39, 0.29) is 44.7 Å². The molecule has 0 fully saturated rings. The molecule has 1 atom stereocenters. The zero-order valence-corrected chi connectivity index (χ0v) is 88.7.